The van der Waals surface area contributed by atoms with Gasteiger partial charge in [-0.15, -0.1) is 0 Å². The van der Waals surface area contributed by atoms with Gasteiger partial charge in [-0.05, 0) is 24.1 Å². The van der Waals surface area contributed by atoms with E-state index < -0.39 is 0 Å². The second-order valence-electron chi connectivity index (χ2n) is 4.52. The van der Waals surface area contributed by atoms with E-state index in [9.17, 15) is 10.4 Å². The Morgan fingerprint density at radius 3 is 2.50 bits per heavy atom. The van der Waals surface area contributed by atoms with Gasteiger partial charge in [0, 0.05) is 18.2 Å². The standard InChI is InChI=1S/C16H15ClN2O/c17-16-8-4-7-15(19-16)13(9-10-20)14(11-18)12-5-2-1-3-6-12/h1-8,13-14,20H,9-10H2/t13-,14+/m1/s1. The second-order valence-corrected chi connectivity index (χ2v) is 4.91. The van der Waals surface area contributed by atoms with Gasteiger partial charge in [-0.25, -0.2) is 4.98 Å². The molecule has 2 rings (SSSR count). The van der Waals surface area contributed by atoms with Gasteiger partial charge < -0.3 is 5.11 Å². The van der Waals surface area contributed by atoms with Crippen molar-refractivity contribution in [3.63, 3.8) is 0 Å². The maximum atomic E-state index is 9.51. The molecule has 0 spiro atoms. The lowest BCUT2D eigenvalue weighted by Crippen LogP contribution is -2.13. The first-order valence-corrected chi connectivity index (χ1v) is 6.82. The van der Waals surface area contributed by atoms with Crippen LogP contribution in [0.1, 0.15) is 29.5 Å². The van der Waals surface area contributed by atoms with Crippen molar-refractivity contribution in [1.29, 1.82) is 5.26 Å². The van der Waals surface area contributed by atoms with Crippen LogP contribution in [0.25, 0.3) is 0 Å². The Morgan fingerprint density at radius 2 is 1.90 bits per heavy atom. The Labute approximate surface area is 123 Å². The lowest BCUT2D eigenvalue weighted by molar-refractivity contribution is 0.271. The quantitative estimate of drug-likeness (QED) is 0.856. The number of pyridine rings is 1. The van der Waals surface area contributed by atoms with Gasteiger partial charge >= 0.3 is 0 Å². The highest BCUT2D eigenvalue weighted by atomic mass is 35.5. The zero-order valence-electron chi connectivity index (χ0n) is 10.9. The molecule has 3 nitrogen and oxygen atoms in total. The summed E-state index contributed by atoms with van der Waals surface area (Å²) in [5.74, 6) is -0.527. The molecule has 2 aromatic rings. The van der Waals surface area contributed by atoms with E-state index in [0.717, 1.165) is 11.3 Å². The highest BCUT2D eigenvalue weighted by molar-refractivity contribution is 6.29. The molecule has 0 saturated heterocycles. The van der Waals surface area contributed by atoms with Gasteiger partial charge in [0.05, 0.1) is 12.0 Å². The van der Waals surface area contributed by atoms with Crippen molar-refractivity contribution < 1.29 is 5.11 Å². The number of hydrogen-bond acceptors (Lipinski definition) is 3. The van der Waals surface area contributed by atoms with E-state index in [2.05, 4.69) is 11.1 Å². The van der Waals surface area contributed by atoms with E-state index in [4.69, 9.17) is 11.6 Å². The van der Waals surface area contributed by atoms with Crippen molar-refractivity contribution in [3.8, 4) is 6.07 Å². The summed E-state index contributed by atoms with van der Waals surface area (Å²) in [5, 5.41) is 19.2. The second kappa shape index (κ2) is 7.04. The Kier molecular flexibility index (Phi) is 5.11. The van der Waals surface area contributed by atoms with Gasteiger partial charge in [0.25, 0.3) is 0 Å². The third-order valence-corrected chi connectivity index (χ3v) is 3.47. The molecule has 1 N–H and O–H groups in total. The van der Waals surface area contributed by atoms with Crippen LogP contribution in [0, 0.1) is 11.3 Å². The van der Waals surface area contributed by atoms with Crippen molar-refractivity contribution in [2.45, 2.75) is 18.3 Å². The summed E-state index contributed by atoms with van der Waals surface area (Å²) >= 11 is 5.93. The van der Waals surface area contributed by atoms with E-state index >= 15 is 0 Å². The topological polar surface area (TPSA) is 56.9 Å². The number of aliphatic hydroxyl groups excluding tert-OH is 1. The average molecular weight is 287 g/mol. The van der Waals surface area contributed by atoms with Crippen LogP contribution in [-0.4, -0.2) is 16.7 Å². The van der Waals surface area contributed by atoms with Crippen LogP contribution in [0.15, 0.2) is 48.5 Å². The largest absolute Gasteiger partial charge is 0.396 e. The van der Waals surface area contributed by atoms with Crippen LogP contribution in [-0.2, 0) is 0 Å². The molecule has 4 heteroatoms. The molecule has 0 amide bonds. The third kappa shape index (κ3) is 3.36. The first kappa shape index (κ1) is 14.5. The SMILES string of the molecule is N#C[C@@H](c1ccccc1)[C@@H](CCO)c1cccc(Cl)n1. The fraction of sp³-hybridized carbons (Fsp3) is 0.250. The molecule has 20 heavy (non-hydrogen) atoms. The number of halogens is 1. The maximum absolute atomic E-state index is 9.51. The molecule has 0 bridgehead atoms. The minimum atomic E-state index is -0.352. The van der Waals surface area contributed by atoms with Crippen LogP contribution < -0.4 is 0 Å². The molecular formula is C16H15ClN2O. The van der Waals surface area contributed by atoms with Gasteiger partial charge in [-0.2, -0.15) is 5.26 Å². The molecule has 0 fully saturated rings. The minimum absolute atomic E-state index is 0.00384. The van der Waals surface area contributed by atoms with Crippen molar-refractivity contribution in [3.05, 3.63) is 64.9 Å². The lowest BCUT2D eigenvalue weighted by atomic mass is 9.82. The lowest BCUT2D eigenvalue weighted by Gasteiger charge is -2.21. The zero-order valence-corrected chi connectivity index (χ0v) is 11.7. The first-order valence-electron chi connectivity index (χ1n) is 6.44. The number of aromatic nitrogens is 1. The van der Waals surface area contributed by atoms with Crippen molar-refractivity contribution >= 4 is 11.6 Å². The molecule has 0 aliphatic heterocycles. The van der Waals surface area contributed by atoms with E-state index in [0.29, 0.717) is 11.6 Å². The normalized spacial score (nSPS) is 13.4. The first-order chi connectivity index (χ1) is 9.76. The van der Waals surface area contributed by atoms with E-state index in [1.807, 2.05) is 42.5 Å². The maximum Gasteiger partial charge on any atom is 0.129 e. The van der Waals surface area contributed by atoms with Crippen molar-refractivity contribution in [2.24, 2.45) is 0 Å². The molecular weight excluding hydrogens is 272 g/mol. The van der Waals surface area contributed by atoms with Gasteiger partial charge in [0.2, 0.25) is 0 Å². The average Bonchev–Trinajstić information content (AvgIpc) is 2.48. The molecule has 2 atom stereocenters. The minimum Gasteiger partial charge on any atom is -0.396 e. The monoisotopic (exact) mass is 286 g/mol. The molecule has 0 aliphatic carbocycles. The fourth-order valence-electron chi connectivity index (χ4n) is 2.31. The summed E-state index contributed by atoms with van der Waals surface area (Å²) < 4.78 is 0. The highest BCUT2D eigenvalue weighted by Crippen LogP contribution is 2.34. The van der Waals surface area contributed by atoms with Gasteiger partial charge in [0.15, 0.2) is 0 Å². The van der Waals surface area contributed by atoms with Gasteiger partial charge in [0.1, 0.15) is 5.15 Å². The van der Waals surface area contributed by atoms with Crippen LogP contribution in [0.4, 0.5) is 0 Å². The molecule has 1 aromatic carbocycles. The van der Waals surface area contributed by atoms with Gasteiger partial charge in [-0.3, -0.25) is 0 Å². The smallest absolute Gasteiger partial charge is 0.129 e. The zero-order chi connectivity index (χ0) is 14.4. The number of benzene rings is 1. The Balaban J connectivity index is 2.39. The predicted octanol–water partition coefficient (Wildman–Crippen LogP) is 3.51. The number of nitriles is 1. The summed E-state index contributed by atoms with van der Waals surface area (Å²) in [6, 6.07) is 17.2. The predicted molar refractivity (Wildman–Crippen MR) is 78.5 cm³/mol. The third-order valence-electron chi connectivity index (χ3n) is 3.26. The molecule has 102 valence electrons. The molecule has 0 saturated carbocycles. The molecule has 0 unspecified atom stereocenters. The van der Waals surface area contributed by atoms with Crippen molar-refractivity contribution in [1.82, 2.24) is 4.98 Å². The van der Waals surface area contributed by atoms with Crippen LogP contribution in [0.3, 0.4) is 0 Å². The Hall–Kier alpha value is -1.89. The summed E-state index contributed by atoms with van der Waals surface area (Å²) in [6.07, 6.45) is 0.473. The highest BCUT2D eigenvalue weighted by Gasteiger charge is 2.25. The molecule has 1 heterocycles. The molecule has 0 radical (unpaired) electrons. The van der Waals surface area contributed by atoms with Gasteiger partial charge in [-0.1, -0.05) is 48.0 Å². The fourth-order valence-corrected chi connectivity index (χ4v) is 2.48. The van der Waals surface area contributed by atoms with Crippen molar-refractivity contribution in [2.75, 3.05) is 6.61 Å². The Bertz CT molecular complexity index is 595. The summed E-state index contributed by atoms with van der Waals surface area (Å²) in [5.41, 5.74) is 1.66. The van der Waals surface area contributed by atoms with E-state index in [1.165, 1.54) is 0 Å². The van der Waals surface area contributed by atoms with E-state index in [1.54, 1.807) is 6.07 Å². The van der Waals surface area contributed by atoms with Crippen LogP contribution >= 0.6 is 11.6 Å². The summed E-state index contributed by atoms with van der Waals surface area (Å²) in [6.45, 7) is 0.00384. The van der Waals surface area contributed by atoms with Crippen LogP contribution in [0.5, 0.6) is 0 Å². The van der Waals surface area contributed by atoms with Crippen LogP contribution in [0.2, 0.25) is 5.15 Å². The van der Waals surface area contributed by atoms with E-state index in [-0.39, 0.29) is 18.4 Å². The summed E-state index contributed by atoms with van der Waals surface area (Å²) in [4.78, 5) is 4.29. The Morgan fingerprint density at radius 1 is 1.15 bits per heavy atom. The number of nitrogens with zero attached hydrogens (tertiary/aromatic N) is 2. The molecule has 1 aromatic heterocycles. The number of rotatable bonds is 5. The number of aliphatic hydroxyl groups is 1. The molecule has 0 aliphatic rings. The number of hydrogen-bond donors (Lipinski definition) is 1. The summed E-state index contributed by atoms with van der Waals surface area (Å²) in [7, 11) is 0.